The number of benzene rings is 2. The normalized spacial score (nSPS) is 15.6. The Kier molecular flexibility index (Phi) is 7.43. The number of carbonyl (C=O) groups is 1. The van der Waals surface area contributed by atoms with Crippen LogP contribution in [0.4, 0.5) is 5.69 Å². The molecule has 1 aliphatic carbocycles. The maximum atomic E-state index is 12.6. The number of hydrogen-bond donors (Lipinski definition) is 1. The van der Waals surface area contributed by atoms with E-state index in [0.29, 0.717) is 17.9 Å². The van der Waals surface area contributed by atoms with Gasteiger partial charge in [-0.25, -0.2) is 8.42 Å². The van der Waals surface area contributed by atoms with Crippen LogP contribution in [0.15, 0.2) is 42.5 Å². The second-order valence-corrected chi connectivity index (χ2v) is 9.59. The third-order valence-corrected chi connectivity index (χ3v) is 6.70. The predicted octanol–water partition coefficient (Wildman–Crippen LogP) is 3.44. The van der Waals surface area contributed by atoms with Crippen molar-refractivity contribution in [1.29, 1.82) is 0 Å². The predicted molar refractivity (Wildman–Crippen MR) is 121 cm³/mol. The Morgan fingerprint density at radius 2 is 1.94 bits per heavy atom. The number of nitrogens with zero attached hydrogens (tertiary/aromatic N) is 1. The minimum absolute atomic E-state index is 0.0256. The Bertz CT molecular complexity index is 1020. The van der Waals surface area contributed by atoms with Gasteiger partial charge in [-0.2, -0.15) is 0 Å². The number of carbonyl (C=O) groups excluding carboxylic acids is 1. The number of sulfonamides is 1. The van der Waals surface area contributed by atoms with Crippen LogP contribution in [0.3, 0.4) is 0 Å². The summed E-state index contributed by atoms with van der Waals surface area (Å²) in [5.41, 5.74) is 2.81. The number of nitrogens with one attached hydrogen (secondary N) is 1. The highest BCUT2D eigenvalue weighted by Crippen LogP contribution is 2.32. The number of ether oxygens (including phenoxy) is 2. The lowest BCUT2D eigenvalue weighted by molar-refractivity contribution is -0.122. The summed E-state index contributed by atoms with van der Waals surface area (Å²) >= 11 is 0. The summed E-state index contributed by atoms with van der Waals surface area (Å²) < 4.78 is 36.6. The second kappa shape index (κ2) is 10.0. The molecule has 31 heavy (non-hydrogen) atoms. The van der Waals surface area contributed by atoms with Crippen LogP contribution in [-0.4, -0.2) is 41.3 Å². The Morgan fingerprint density at radius 1 is 1.16 bits per heavy atom. The van der Waals surface area contributed by atoms with Gasteiger partial charge in [0.1, 0.15) is 11.5 Å². The van der Waals surface area contributed by atoms with E-state index in [1.165, 1.54) is 17.0 Å². The Hall–Kier alpha value is -2.74. The van der Waals surface area contributed by atoms with Crippen LogP contribution in [-0.2, 0) is 21.2 Å². The fourth-order valence-corrected chi connectivity index (χ4v) is 4.99. The number of hydrogen-bond acceptors (Lipinski definition) is 5. The first kappa shape index (κ1) is 22.9. The molecule has 7 nitrogen and oxygen atoms in total. The molecule has 1 unspecified atom stereocenters. The van der Waals surface area contributed by atoms with Gasteiger partial charge in [0, 0.05) is 13.0 Å². The summed E-state index contributed by atoms with van der Waals surface area (Å²) in [5.74, 6) is 1.22. The minimum Gasteiger partial charge on any atom is -0.497 e. The first-order chi connectivity index (χ1) is 14.8. The summed E-state index contributed by atoms with van der Waals surface area (Å²) in [4.78, 5) is 12.6. The number of anilines is 1. The molecule has 1 amide bonds. The smallest absolute Gasteiger partial charge is 0.232 e. The van der Waals surface area contributed by atoms with Gasteiger partial charge in [-0.15, -0.1) is 0 Å². The first-order valence-electron chi connectivity index (χ1n) is 10.4. The first-order valence-corrected chi connectivity index (χ1v) is 12.2. The van der Waals surface area contributed by atoms with Crippen LogP contribution < -0.4 is 19.1 Å². The molecule has 0 bridgehead atoms. The molecule has 1 aliphatic rings. The van der Waals surface area contributed by atoms with Crippen molar-refractivity contribution in [1.82, 2.24) is 5.32 Å². The van der Waals surface area contributed by atoms with Gasteiger partial charge in [-0.1, -0.05) is 18.2 Å². The Labute approximate surface area is 184 Å². The van der Waals surface area contributed by atoms with E-state index in [2.05, 4.69) is 5.32 Å². The SMILES string of the molecule is COc1ccc2c(c1)CCCC2NC(=O)CCCN(c1ccccc1OC)S(C)(=O)=O. The molecular weight excluding hydrogens is 416 g/mol. The lowest BCUT2D eigenvalue weighted by atomic mass is 9.87. The number of aryl methyl sites for hydroxylation is 1. The number of methoxy groups -OCH3 is 2. The van der Waals surface area contributed by atoms with Crippen molar-refractivity contribution in [3.05, 3.63) is 53.6 Å². The van der Waals surface area contributed by atoms with Crippen molar-refractivity contribution < 1.29 is 22.7 Å². The van der Waals surface area contributed by atoms with Crippen molar-refractivity contribution in [3.63, 3.8) is 0 Å². The van der Waals surface area contributed by atoms with Gasteiger partial charge in [0.05, 0.1) is 32.2 Å². The van der Waals surface area contributed by atoms with Crippen molar-refractivity contribution >= 4 is 21.6 Å². The molecule has 0 spiro atoms. The third kappa shape index (κ3) is 5.70. The number of rotatable bonds is 9. The minimum atomic E-state index is -3.51. The maximum Gasteiger partial charge on any atom is 0.232 e. The van der Waals surface area contributed by atoms with Crippen LogP contribution >= 0.6 is 0 Å². The summed E-state index contributed by atoms with van der Waals surface area (Å²) in [7, 11) is -0.361. The van der Waals surface area contributed by atoms with E-state index < -0.39 is 10.0 Å². The Morgan fingerprint density at radius 3 is 2.65 bits per heavy atom. The standard InChI is InChI=1S/C23H30N2O5S/c1-29-18-13-14-19-17(16-18)8-6-9-20(19)24-23(26)12-7-15-25(31(3,27)28)21-10-4-5-11-22(21)30-2/h4-5,10-11,13-14,16,20H,6-9,12,15H2,1-3H3,(H,24,26). The molecule has 0 aromatic heterocycles. The quantitative estimate of drug-likeness (QED) is 0.638. The van der Waals surface area contributed by atoms with Crippen molar-refractivity contribution in [3.8, 4) is 11.5 Å². The third-order valence-electron chi connectivity index (χ3n) is 5.52. The summed E-state index contributed by atoms with van der Waals surface area (Å²) in [6, 6.07) is 12.9. The Balaban J connectivity index is 1.62. The van der Waals surface area contributed by atoms with Crippen LogP contribution in [0.1, 0.15) is 42.9 Å². The lowest BCUT2D eigenvalue weighted by Crippen LogP contribution is -2.34. The van der Waals surface area contributed by atoms with Gasteiger partial charge in [0.25, 0.3) is 0 Å². The van der Waals surface area contributed by atoms with E-state index in [9.17, 15) is 13.2 Å². The molecule has 8 heteroatoms. The zero-order valence-electron chi connectivity index (χ0n) is 18.3. The average molecular weight is 447 g/mol. The highest BCUT2D eigenvalue weighted by atomic mass is 32.2. The largest absolute Gasteiger partial charge is 0.497 e. The maximum absolute atomic E-state index is 12.6. The molecule has 0 saturated carbocycles. The molecule has 2 aromatic rings. The fraction of sp³-hybridized carbons (Fsp3) is 0.435. The highest BCUT2D eigenvalue weighted by molar-refractivity contribution is 7.92. The van der Waals surface area contributed by atoms with Gasteiger partial charge in [-0.05, 0) is 61.1 Å². The van der Waals surface area contributed by atoms with E-state index >= 15 is 0 Å². The van der Waals surface area contributed by atoms with E-state index in [1.807, 2.05) is 18.2 Å². The summed E-state index contributed by atoms with van der Waals surface area (Å²) in [6.07, 6.45) is 4.67. The molecule has 0 saturated heterocycles. The average Bonchev–Trinajstić information content (AvgIpc) is 2.75. The van der Waals surface area contributed by atoms with Crippen molar-refractivity contribution in [2.45, 2.75) is 38.1 Å². The van der Waals surface area contributed by atoms with Crippen molar-refractivity contribution in [2.24, 2.45) is 0 Å². The van der Waals surface area contributed by atoms with Gasteiger partial charge < -0.3 is 14.8 Å². The molecule has 3 rings (SSSR count). The second-order valence-electron chi connectivity index (χ2n) is 7.69. The fourth-order valence-electron chi connectivity index (χ4n) is 4.02. The molecule has 0 fully saturated rings. The zero-order chi connectivity index (χ0) is 22.4. The number of fused-ring (bicyclic) bond motifs is 1. The van der Waals surface area contributed by atoms with E-state index in [1.54, 1.807) is 31.4 Å². The summed E-state index contributed by atoms with van der Waals surface area (Å²) in [5, 5.41) is 3.11. The molecule has 0 heterocycles. The zero-order valence-corrected chi connectivity index (χ0v) is 19.1. The molecule has 0 aliphatic heterocycles. The molecule has 1 N–H and O–H groups in total. The van der Waals surface area contributed by atoms with Crippen molar-refractivity contribution in [2.75, 3.05) is 31.3 Å². The van der Waals surface area contributed by atoms with Crippen LogP contribution in [0.5, 0.6) is 11.5 Å². The van der Waals surface area contributed by atoms with Gasteiger partial charge in [0.2, 0.25) is 15.9 Å². The highest BCUT2D eigenvalue weighted by Gasteiger charge is 2.24. The summed E-state index contributed by atoms with van der Waals surface area (Å²) in [6.45, 7) is 0.199. The number of amides is 1. The molecule has 168 valence electrons. The van der Waals surface area contributed by atoms with Crippen LogP contribution in [0, 0.1) is 0 Å². The van der Waals surface area contributed by atoms with E-state index in [4.69, 9.17) is 9.47 Å². The van der Waals surface area contributed by atoms with Gasteiger partial charge in [0.15, 0.2) is 0 Å². The van der Waals surface area contributed by atoms with E-state index in [0.717, 1.165) is 36.8 Å². The van der Waals surface area contributed by atoms with E-state index in [-0.39, 0.29) is 24.9 Å². The topological polar surface area (TPSA) is 84.9 Å². The molecule has 0 radical (unpaired) electrons. The molecule has 2 aromatic carbocycles. The van der Waals surface area contributed by atoms with Gasteiger partial charge in [-0.3, -0.25) is 9.10 Å². The molecule has 1 atom stereocenters. The van der Waals surface area contributed by atoms with Crippen LogP contribution in [0.2, 0.25) is 0 Å². The lowest BCUT2D eigenvalue weighted by Gasteiger charge is -2.27. The number of para-hydroxylation sites is 2. The van der Waals surface area contributed by atoms with Gasteiger partial charge >= 0.3 is 0 Å². The monoisotopic (exact) mass is 446 g/mol. The van der Waals surface area contributed by atoms with Crippen LogP contribution in [0.25, 0.3) is 0 Å². The molecular formula is C23H30N2O5S.